The topological polar surface area (TPSA) is 45.2 Å². The largest absolute Gasteiger partial charge is 0.381 e. The molecule has 1 saturated carbocycles. The third-order valence-corrected chi connectivity index (χ3v) is 8.02. The fourth-order valence-corrected chi connectivity index (χ4v) is 5.75. The number of benzene rings is 3. The van der Waals surface area contributed by atoms with Crippen molar-refractivity contribution in [3.05, 3.63) is 100 Å². The van der Waals surface area contributed by atoms with Gasteiger partial charge in [-0.2, -0.15) is 0 Å². The van der Waals surface area contributed by atoms with Gasteiger partial charge in [-0.3, -0.25) is 4.79 Å². The first-order chi connectivity index (χ1) is 17.7. The molecule has 36 heavy (non-hydrogen) atoms. The third-order valence-electron chi connectivity index (χ3n) is 7.07. The Morgan fingerprint density at radius 2 is 1.72 bits per heavy atom. The van der Waals surface area contributed by atoms with Gasteiger partial charge in [0.25, 0.3) is 0 Å². The molecule has 1 aliphatic carbocycles. The molecule has 0 atom stereocenters. The van der Waals surface area contributed by atoms with Gasteiger partial charge in [0.05, 0.1) is 5.69 Å². The minimum atomic E-state index is 0.697. The van der Waals surface area contributed by atoms with Gasteiger partial charge in [0, 0.05) is 42.3 Å². The second kappa shape index (κ2) is 11.5. The second-order valence-electron chi connectivity index (χ2n) is 9.74. The molecule has 3 aromatic carbocycles. The fraction of sp³-hybridized carbons (Fsp3) is 0.290. The Morgan fingerprint density at radius 3 is 2.47 bits per heavy atom. The maximum Gasteiger partial charge on any atom is 0.185 e. The van der Waals surface area contributed by atoms with Crippen LogP contribution in [0.15, 0.2) is 78.2 Å². The lowest BCUT2D eigenvalue weighted by molar-refractivity contribution is 0.112. The smallest absolute Gasteiger partial charge is 0.185 e. The lowest BCUT2D eigenvalue weighted by Gasteiger charge is -2.22. The predicted octanol–water partition coefficient (Wildman–Crippen LogP) is 7.92. The maximum atomic E-state index is 10.9. The van der Waals surface area contributed by atoms with Gasteiger partial charge in [0.15, 0.2) is 5.13 Å². The van der Waals surface area contributed by atoms with Crippen molar-refractivity contribution >= 4 is 28.4 Å². The molecule has 1 fully saturated rings. The van der Waals surface area contributed by atoms with Crippen LogP contribution in [0.1, 0.15) is 65.1 Å². The number of nitrogens with zero attached hydrogens (tertiary/aromatic N) is 2. The van der Waals surface area contributed by atoms with E-state index in [9.17, 15) is 4.79 Å². The van der Waals surface area contributed by atoms with Gasteiger partial charge in [0.2, 0.25) is 0 Å². The fourth-order valence-electron chi connectivity index (χ4n) is 4.95. The van der Waals surface area contributed by atoms with Gasteiger partial charge >= 0.3 is 0 Å². The zero-order valence-corrected chi connectivity index (χ0v) is 21.6. The van der Waals surface area contributed by atoms with Crippen molar-refractivity contribution in [2.45, 2.75) is 51.1 Å². The lowest BCUT2D eigenvalue weighted by atomic mass is 9.84. The molecule has 1 heterocycles. The monoisotopic (exact) mass is 495 g/mol. The standard InChI is InChI=1S/C31H33N3OS/c1-34(20-24-10-12-25(21-35)13-11-24)31-33-30(22-36-31)28-8-5-9-29(18-28)32-19-23-14-16-27(17-15-23)26-6-3-2-4-7-26/h5,8-18,21-22,26,32H,2-4,6-7,19-20H2,1H3. The van der Waals surface area contributed by atoms with E-state index in [0.717, 1.165) is 52.9 Å². The van der Waals surface area contributed by atoms with Crippen molar-refractivity contribution in [2.24, 2.45) is 0 Å². The van der Waals surface area contributed by atoms with Gasteiger partial charge in [-0.25, -0.2) is 4.98 Å². The molecule has 0 unspecified atom stereocenters. The van der Waals surface area contributed by atoms with E-state index in [1.54, 1.807) is 11.3 Å². The molecule has 4 aromatic rings. The lowest BCUT2D eigenvalue weighted by Crippen LogP contribution is -2.16. The van der Waals surface area contributed by atoms with Crippen molar-refractivity contribution in [1.29, 1.82) is 0 Å². The maximum absolute atomic E-state index is 10.9. The Bertz CT molecular complexity index is 1270. The van der Waals surface area contributed by atoms with E-state index in [1.165, 1.54) is 43.2 Å². The third kappa shape index (κ3) is 6.03. The Morgan fingerprint density at radius 1 is 0.972 bits per heavy atom. The zero-order valence-electron chi connectivity index (χ0n) is 20.8. The van der Waals surface area contributed by atoms with E-state index in [0.29, 0.717) is 5.56 Å². The molecular weight excluding hydrogens is 462 g/mol. The van der Waals surface area contributed by atoms with Crippen molar-refractivity contribution < 1.29 is 4.79 Å². The Labute approximate surface area is 218 Å². The number of nitrogens with one attached hydrogen (secondary N) is 1. The van der Waals surface area contributed by atoms with Gasteiger partial charge < -0.3 is 10.2 Å². The highest BCUT2D eigenvalue weighted by Crippen LogP contribution is 2.33. The van der Waals surface area contributed by atoms with Gasteiger partial charge in [-0.05, 0) is 47.6 Å². The summed E-state index contributed by atoms with van der Waals surface area (Å²) in [7, 11) is 2.05. The molecule has 0 radical (unpaired) electrons. The summed E-state index contributed by atoms with van der Waals surface area (Å²) in [6.07, 6.45) is 7.69. The van der Waals surface area contributed by atoms with Gasteiger partial charge in [0.1, 0.15) is 6.29 Å². The number of thiazole rings is 1. The minimum Gasteiger partial charge on any atom is -0.381 e. The molecule has 1 aliphatic rings. The Hall–Kier alpha value is -3.44. The van der Waals surface area contributed by atoms with Crippen LogP contribution in [0, 0.1) is 0 Å². The summed E-state index contributed by atoms with van der Waals surface area (Å²) in [4.78, 5) is 17.9. The van der Waals surface area contributed by atoms with E-state index >= 15 is 0 Å². The second-order valence-corrected chi connectivity index (χ2v) is 10.6. The quantitative estimate of drug-likeness (QED) is 0.240. The summed E-state index contributed by atoms with van der Waals surface area (Å²) in [5.74, 6) is 0.752. The van der Waals surface area contributed by atoms with Crippen LogP contribution in [-0.2, 0) is 13.1 Å². The summed E-state index contributed by atoms with van der Waals surface area (Å²) in [5, 5.41) is 6.67. The summed E-state index contributed by atoms with van der Waals surface area (Å²) in [6.45, 7) is 1.55. The molecule has 184 valence electrons. The first kappa shape index (κ1) is 24.3. The zero-order chi connectivity index (χ0) is 24.7. The number of anilines is 2. The normalized spacial score (nSPS) is 13.9. The highest BCUT2D eigenvalue weighted by molar-refractivity contribution is 7.14. The van der Waals surface area contributed by atoms with Gasteiger partial charge in [-0.1, -0.05) is 79.9 Å². The van der Waals surface area contributed by atoms with E-state index in [4.69, 9.17) is 4.98 Å². The van der Waals surface area contributed by atoms with Crippen LogP contribution in [0.5, 0.6) is 0 Å². The summed E-state index contributed by atoms with van der Waals surface area (Å²) in [5.41, 5.74) is 7.85. The number of carbonyl (C=O) groups is 1. The molecule has 1 N–H and O–H groups in total. The Balaban J connectivity index is 1.19. The minimum absolute atomic E-state index is 0.697. The molecule has 0 amide bonds. The van der Waals surface area contributed by atoms with Crippen molar-refractivity contribution in [3.8, 4) is 11.3 Å². The van der Waals surface area contributed by atoms with E-state index < -0.39 is 0 Å². The number of hydrogen-bond acceptors (Lipinski definition) is 5. The predicted molar refractivity (Wildman–Crippen MR) is 151 cm³/mol. The molecule has 4 nitrogen and oxygen atoms in total. The average Bonchev–Trinajstić information content (AvgIpc) is 3.44. The van der Waals surface area contributed by atoms with Crippen molar-refractivity contribution in [1.82, 2.24) is 4.98 Å². The molecule has 5 rings (SSSR count). The molecule has 5 heteroatoms. The molecule has 0 spiro atoms. The highest BCUT2D eigenvalue weighted by Gasteiger charge is 2.15. The van der Waals surface area contributed by atoms with E-state index in [1.807, 2.05) is 31.3 Å². The van der Waals surface area contributed by atoms with Crippen LogP contribution in [0.2, 0.25) is 0 Å². The van der Waals surface area contributed by atoms with E-state index in [2.05, 4.69) is 64.1 Å². The van der Waals surface area contributed by atoms with Crippen molar-refractivity contribution in [3.63, 3.8) is 0 Å². The number of carbonyl (C=O) groups excluding carboxylic acids is 1. The van der Waals surface area contributed by atoms with Crippen molar-refractivity contribution in [2.75, 3.05) is 17.3 Å². The van der Waals surface area contributed by atoms with Crippen LogP contribution in [0.25, 0.3) is 11.3 Å². The summed E-state index contributed by atoms with van der Waals surface area (Å²) >= 11 is 1.65. The van der Waals surface area contributed by atoms with Crippen LogP contribution < -0.4 is 10.2 Å². The van der Waals surface area contributed by atoms with Crippen LogP contribution in [-0.4, -0.2) is 18.3 Å². The molecular formula is C31H33N3OS. The van der Waals surface area contributed by atoms with Crippen LogP contribution in [0.4, 0.5) is 10.8 Å². The number of hydrogen-bond donors (Lipinski definition) is 1. The van der Waals surface area contributed by atoms with Gasteiger partial charge in [-0.15, -0.1) is 11.3 Å². The highest BCUT2D eigenvalue weighted by atomic mass is 32.1. The summed E-state index contributed by atoms with van der Waals surface area (Å²) in [6, 6.07) is 25.4. The molecule has 0 saturated heterocycles. The molecule has 0 aliphatic heterocycles. The molecule has 1 aromatic heterocycles. The first-order valence-corrected chi connectivity index (χ1v) is 13.7. The first-order valence-electron chi connectivity index (χ1n) is 12.8. The number of aromatic nitrogens is 1. The Kier molecular flexibility index (Phi) is 7.77. The van der Waals surface area contributed by atoms with Crippen LogP contribution >= 0.6 is 11.3 Å². The number of rotatable bonds is 9. The average molecular weight is 496 g/mol. The number of aldehydes is 1. The molecule has 0 bridgehead atoms. The summed E-state index contributed by atoms with van der Waals surface area (Å²) < 4.78 is 0. The van der Waals surface area contributed by atoms with E-state index in [-0.39, 0.29) is 0 Å². The van der Waals surface area contributed by atoms with Crippen LogP contribution in [0.3, 0.4) is 0 Å². The SMILES string of the molecule is CN(Cc1ccc(C=O)cc1)c1nc(-c2cccc(NCc3ccc(C4CCCCC4)cc3)c2)cs1.